The molecule has 1 aliphatic rings. The largest absolute Gasteiger partial charge is 0.380 e. The van der Waals surface area contributed by atoms with E-state index in [1.807, 2.05) is 4.90 Å². The van der Waals surface area contributed by atoms with Crippen LogP contribution < -0.4 is 5.32 Å². The van der Waals surface area contributed by atoms with E-state index in [1.165, 1.54) is 12.4 Å². The number of carbonyl (C=O) groups is 1. The van der Waals surface area contributed by atoms with Crippen LogP contribution in [0.2, 0.25) is 0 Å². The number of benzene rings is 1. The molecule has 2 atom stereocenters. The molecular formula is C16H20FN5O2. The Morgan fingerprint density at radius 2 is 2.33 bits per heavy atom. The van der Waals surface area contributed by atoms with Crippen LogP contribution in [0.25, 0.3) is 0 Å². The van der Waals surface area contributed by atoms with E-state index in [2.05, 4.69) is 20.5 Å². The van der Waals surface area contributed by atoms with Crippen LogP contribution in [0.5, 0.6) is 0 Å². The van der Waals surface area contributed by atoms with Crippen molar-refractivity contribution in [2.75, 3.05) is 20.2 Å². The van der Waals surface area contributed by atoms with Crippen molar-refractivity contribution in [1.82, 2.24) is 25.4 Å². The molecule has 7 nitrogen and oxygen atoms in total. The van der Waals surface area contributed by atoms with Gasteiger partial charge in [-0.2, -0.15) is 5.10 Å². The number of hydrogen-bond acceptors (Lipinski definition) is 5. The molecule has 128 valence electrons. The summed E-state index contributed by atoms with van der Waals surface area (Å²) in [6.07, 6.45) is 2.23. The molecule has 2 heterocycles. The van der Waals surface area contributed by atoms with Gasteiger partial charge in [-0.25, -0.2) is 9.37 Å². The molecule has 2 N–H and O–H groups in total. The van der Waals surface area contributed by atoms with E-state index >= 15 is 0 Å². The molecule has 8 heteroatoms. The molecular weight excluding hydrogens is 313 g/mol. The first-order valence-corrected chi connectivity index (χ1v) is 7.79. The van der Waals surface area contributed by atoms with E-state index in [0.29, 0.717) is 12.1 Å². The number of ether oxygens (including phenoxy) is 1. The van der Waals surface area contributed by atoms with Crippen molar-refractivity contribution in [2.24, 2.45) is 0 Å². The van der Waals surface area contributed by atoms with Gasteiger partial charge in [0.1, 0.15) is 18.0 Å². The van der Waals surface area contributed by atoms with Crippen LogP contribution in [0.4, 0.5) is 4.39 Å². The zero-order valence-electron chi connectivity index (χ0n) is 13.4. The number of aromatic nitrogens is 3. The minimum atomic E-state index is -0.321. The standard InChI is InChI=1S/C16H20FN5O2/c1-24-12-6-14(16-19-10-20-21-16)22(8-12)9-15(23)18-7-11-4-2-3-5-13(11)17/h2-5,10,12,14H,6-9H2,1H3,(H,18,23)(H,19,20,21)/t12-,14+/m1/s1. The molecule has 24 heavy (non-hydrogen) atoms. The smallest absolute Gasteiger partial charge is 0.234 e. The number of nitrogens with zero attached hydrogens (tertiary/aromatic N) is 3. The van der Waals surface area contributed by atoms with Crippen LogP contribution in [0.3, 0.4) is 0 Å². The van der Waals surface area contributed by atoms with Gasteiger partial charge in [-0.05, 0) is 12.5 Å². The molecule has 0 unspecified atom stereocenters. The molecule has 0 aliphatic carbocycles. The Morgan fingerprint density at radius 1 is 1.50 bits per heavy atom. The molecule has 1 fully saturated rings. The van der Waals surface area contributed by atoms with Crippen LogP contribution in [0, 0.1) is 5.82 Å². The molecule has 1 saturated heterocycles. The summed E-state index contributed by atoms with van der Waals surface area (Å²) in [5, 5.41) is 9.48. The quantitative estimate of drug-likeness (QED) is 0.825. The fourth-order valence-electron chi connectivity index (χ4n) is 2.94. The zero-order chi connectivity index (χ0) is 16.9. The topological polar surface area (TPSA) is 83.1 Å². The van der Waals surface area contributed by atoms with Crippen molar-refractivity contribution in [1.29, 1.82) is 0 Å². The summed E-state index contributed by atoms with van der Waals surface area (Å²) >= 11 is 0. The lowest BCUT2D eigenvalue weighted by atomic mass is 10.2. The second-order valence-corrected chi connectivity index (χ2v) is 5.78. The third-order valence-corrected chi connectivity index (χ3v) is 4.23. The molecule has 0 saturated carbocycles. The highest BCUT2D eigenvalue weighted by Gasteiger charge is 2.35. The van der Waals surface area contributed by atoms with Crippen LogP contribution in [0.15, 0.2) is 30.6 Å². The van der Waals surface area contributed by atoms with E-state index in [1.54, 1.807) is 25.3 Å². The highest BCUT2D eigenvalue weighted by Crippen LogP contribution is 2.30. The van der Waals surface area contributed by atoms with Gasteiger partial charge in [0.2, 0.25) is 5.91 Å². The minimum absolute atomic E-state index is 0.0412. The predicted octanol–water partition coefficient (Wildman–Crippen LogP) is 1.02. The van der Waals surface area contributed by atoms with Crippen molar-refractivity contribution in [3.8, 4) is 0 Å². The number of aromatic amines is 1. The Balaban J connectivity index is 1.59. The third kappa shape index (κ3) is 3.77. The number of likely N-dealkylation sites (tertiary alicyclic amines) is 1. The highest BCUT2D eigenvalue weighted by atomic mass is 19.1. The first-order valence-electron chi connectivity index (χ1n) is 7.79. The van der Waals surface area contributed by atoms with Crippen LogP contribution in [-0.2, 0) is 16.1 Å². The summed E-state index contributed by atoms with van der Waals surface area (Å²) in [5.41, 5.74) is 0.467. The van der Waals surface area contributed by atoms with Gasteiger partial charge in [-0.1, -0.05) is 18.2 Å². The van der Waals surface area contributed by atoms with Gasteiger partial charge in [0.15, 0.2) is 0 Å². The maximum absolute atomic E-state index is 13.6. The summed E-state index contributed by atoms with van der Waals surface area (Å²) in [6, 6.07) is 6.36. The molecule has 1 aliphatic heterocycles. The highest BCUT2D eigenvalue weighted by molar-refractivity contribution is 5.78. The molecule has 0 bridgehead atoms. The summed E-state index contributed by atoms with van der Waals surface area (Å²) in [7, 11) is 1.66. The van der Waals surface area contributed by atoms with E-state index < -0.39 is 0 Å². The van der Waals surface area contributed by atoms with Crippen molar-refractivity contribution < 1.29 is 13.9 Å². The molecule has 0 spiro atoms. The van der Waals surface area contributed by atoms with Crippen molar-refractivity contribution in [3.05, 3.63) is 47.8 Å². The monoisotopic (exact) mass is 333 g/mol. The van der Waals surface area contributed by atoms with Crippen molar-refractivity contribution >= 4 is 5.91 Å². The van der Waals surface area contributed by atoms with Crippen molar-refractivity contribution in [2.45, 2.75) is 25.1 Å². The van der Waals surface area contributed by atoms with Crippen LogP contribution >= 0.6 is 0 Å². The van der Waals surface area contributed by atoms with Gasteiger partial charge in [0.05, 0.1) is 18.7 Å². The van der Waals surface area contributed by atoms with Crippen LogP contribution in [0.1, 0.15) is 23.9 Å². The van der Waals surface area contributed by atoms with Gasteiger partial charge in [0.25, 0.3) is 0 Å². The van der Waals surface area contributed by atoms with Gasteiger partial charge in [0, 0.05) is 25.8 Å². The Morgan fingerprint density at radius 3 is 3.04 bits per heavy atom. The number of hydrogen-bond donors (Lipinski definition) is 2. The average Bonchev–Trinajstić information content (AvgIpc) is 3.23. The molecule has 2 aromatic rings. The summed E-state index contributed by atoms with van der Waals surface area (Å²) < 4.78 is 19.0. The third-order valence-electron chi connectivity index (χ3n) is 4.23. The number of nitrogens with one attached hydrogen (secondary N) is 2. The minimum Gasteiger partial charge on any atom is -0.380 e. The second kappa shape index (κ2) is 7.50. The normalized spacial score (nSPS) is 21.1. The van der Waals surface area contributed by atoms with Gasteiger partial charge in [-0.15, -0.1) is 0 Å². The lowest BCUT2D eigenvalue weighted by Gasteiger charge is -2.21. The number of rotatable bonds is 6. The summed E-state index contributed by atoms with van der Waals surface area (Å²) in [4.78, 5) is 18.4. The Bertz CT molecular complexity index is 679. The van der Waals surface area contributed by atoms with Gasteiger partial charge in [-0.3, -0.25) is 14.8 Å². The molecule has 0 radical (unpaired) electrons. The summed E-state index contributed by atoms with van der Waals surface area (Å²) in [6.45, 7) is 0.995. The van der Waals surface area contributed by atoms with E-state index in [9.17, 15) is 9.18 Å². The fourth-order valence-corrected chi connectivity index (χ4v) is 2.94. The van der Waals surface area contributed by atoms with Crippen molar-refractivity contribution in [3.63, 3.8) is 0 Å². The van der Waals surface area contributed by atoms with Gasteiger partial charge < -0.3 is 10.1 Å². The van der Waals surface area contributed by atoms with E-state index in [0.717, 1.165) is 12.2 Å². The molecule has 3 rings (SSSR count). The predicted molar refractivity (Wildman–Crippen MR) is 84.4 cm³/mol. The number of methoxy groups -OCH3 is 1. The Kier molecular flexibility index (Phi) is 5.17. The lowest BCUT2D eigenvalue weighted by Crippen LogP contribution is -2.37. The Labute approximate surface area is 139 Å². The number of amides is 1. The maximum Gasteiger partial charge on any atom is 0.234 e. The van der Waals surface area contributed by atoms with Gasteiger partial charge >= 0.3 is 0 Å². The fraction of sp³-hybridized carbons (Fsp3) is 0.438. The second-order valence-electron chi connectivity index (χ2n) is 5.78. The number of halogens is 1. The number of carbonyl (C=O) groups excluding carboxylic acids is 1. The average molecular weight is 333 g/mol. The zero-order valence-corrected chi connectivity index (χ0v) is 13.4. The Hall–Kier alpha value is -2.32. The SMILES string of the molecule is CO[C@@H]1C[C@@H](c2ncn[nH]2)N(CC(=O)NCc2ccccc2F)C1. The number of H-pyrrole nitrogens is 1. The lowest BCUT2D eigenvalue weighted by molar-refractivity contribution is -0.122. The first kappa shape index (κ1) is 16.5. The maximum atomic E-state index is 13.6. The molecule has 1 amide bonds. The van der Waals surface area contributed by atoms with E-state index in [4.69, 9.17) is 4.74 Å². The summed E-state index contributed by atoms with van der Waals surface area (Å²) in [5.74, 6) is 0.230. The van der Waals surface area contributed by atoms with E-state index in [-0.39, 0.29) is 37.0 Å². The molecule has 1 aromatic carbocycles. The first-order chi connectivity index (χ1) is 11.7. The van der Waals surface area contributed by atoms with Crippen LogP contribution in [-0.4, -0.2) is 52.3 Å². The molecule has 1 aromatic heterocycles.